The second kappa shape index (κ2) is 4.51. The summed E-state index contributed by atoms with van der Waals surface area (Å²) >= 11 is 0. The first-order valence-electron chi connectivity index (χ1n) is 4.60. The molecule has 2 aromatic rings. The summed E-state index contributed by atoms with van der Waals surface area (Å²) in [6.45, 7) is 4.00. The Bertz CT molecular complexity index is 380. The monoisotopic (exact) mass is 173 g/mol. The van der Waals surface area contributed by atoms with Gasteiger partial charge in [-0.1, -0.05) is 44.2 Å². The Hall–Kier alpha value is -1.50. The summed E-state index contributed by atoms with van der Waals surface area (Å²) in [5.41, 5.74) is 6.45. The lowest BCUT2D eigenvalue weighted by Gasteiger charge is -1.96. The van der Waals surface area contributed by atoms with Gasteiger partial charge < -0.3 is 5.73 Å². The smallest absolute Gasteiger partial charge is 0.0320 e. The van der Waals surface area contributed by atoms with E-state index in [2.05, 4.69) is 12.1 Å². The normalized spacial score (nSPS) is 9.08. The van der Waals surface area contributed by atoms with Crippen molar-refractivity contribution in [1.82, 2.24) is 0 Å². The van der Waals surface area contributed by atoms with Gasteiger partial charge in [0.25, 0.3) is 0 Å². The molecular formula is C12H15N. The third kappa shape index (κ3) is 2.22. The lowest BCUT2D eigenvalue weighted by Crippen LogP contribution is -1.82. The minimum Gasteiger partial charge on any atom is -0.399 e. The molecule has 0 aromatic heterocycles. The Morgan fingerprint density at radius 2 is 1.46 bits per heavy atom. The van der Waals surface area contributed by atoms with E-state index in [4.69, 9.17) is 5.73 Å². The lowest BCUT2D eigenvalue weighted by molar-refractivity contribution is 1.50. The fourth-order valence-electron chi connectivity index (χ4n) is 1.21. The molecule has 0 atom stereocenters. The highest BCUT2D eigenvalue weighted by Crippen LogP contribution is 2.15. The maximum atomic E-state index is 5.62. The van der Waals surface area contributed by atoms with Crippen LogP contribution in [0.1, 0.15) is 13.8 Å². The highest BCUT2D eigenvalue weighted by atomic mass is 14.5. The fraction of sp³-hybridized carbons (Fsp3) is 0.167. The largest absolute Gasteiger partial charge is 0.399 e. The molecule has 0 saturated heterocycles. The summed E-state index contributed by atoms with van der Waals surface area (Å²) in [7, 11) is 0. The summed E-state index contributed by atoms with van der Waals surface area (Å²) < 4.78 is 0. The third-order valence-electron chi connectivity index (χ3n) is 1.77. The zero-order chi connectivity index (χ0) is 9.68. The maximum Gasteiger partial charge on any atom is 0.0320 e. The molecule has 68 valence electrons. The highest BCUT2D eigenvalue weighted by molar-refractivity contribution is 5.85. The molecule has 0 heterocycles. The number of benzene rings is 2. The molecule has 0 saturated carbocycles. The number of nitrogens with two attached hydrogens (primary N) is 1. The van der Waals surface area contributed by atoms with Gasteiger partial charge in [0.15, 0.2) is 0 Å². The van der Waals surface area contributed by atoms with E-state index in [-0.39, 0.29) is 0 Å². The number of nitrogen functional groups attached to an aromatic ring is 1. The molecular weight excluding hydrogens is 158 g/mol. The van der Waals surface area contributed by atoms with Gasteiger partial charge in [-0.3, -0.25) is 0 Å². The molecule has 0 amide bonds. The van der Waals surface area contributed by atoms with Crippen molar-refractivity contribution in [1.29, 1.82) is 0 Å². The quantitative estimate of drug-likeness (QED) is 0.607. The minimum atomic E-state index is 0.823. The fourth-order valence-corrected chi connectivity index (χ4v) is 1.21. The van der Waals surface area contributed by atoms with Crippen molar-refractivity contribution in [2.45, 2.75) is 13.8 Å². The standard InChI is InChI=1S/C10H9N.C2H6/c11-10-6-5-8-3-1-2-4-9(8)7-10;1-2/h1-7H,11H2;1-2H3. The van der Waals surface area contributed by atoms with Crippen molar-refractivity contribution in [2.24, 2.45) is 0 Å². The van der Waals surface area contributed by atoms with Crippen LogP contribution in [0.3, 0.4) is 0 Å². The van der Waals surface area contributed by atoms with Crippen LogP contribution >= 0.6 is 0 Å². The van der Waals surface area contributed by atoms with Crippen molar-refractivity contribution in [2.75, 3.05) is 5.73 Å². The van der Waals surface area contributed by atoms with Crippen LogP contribution in [0.15, 0.2) is 42.5 Å². The summed E-state index contributed by atoms with van der Waals surface area (Å²) in [6, 6.07) is 14.1. The number of rotatable bonds is 0. The van der Waals surface area contributed by atoms with Gasteiger partial charge in [-0.15, -0.1) is 0 Å². The minimum absolute atomic E-state index is 0.823. The van der Waals surface area contributed by atoms with Crippen LogP contribution < -0.4 is 5.73 Å². The van der Waals surface area contributed by atoms with Gasteiger partial charge in [0, 0.05) is 5.69 Å². The molecule has 0 aliphatic heterocycles. The van der Waals surface area contributed by atoms with Crippen molar-refractivity contribution < 1.29 is 0 Å². The molecule has 1 heteroatoms. The van der Waals surface area contributed by atoms with Crippen LogP contribution in [-0.2, 0) is 0 Å². The first-order chi connectivity index (χ1) is 6.36. The van der Waals surface area contributed by atoms with Crippen LogP contribution in [0.2, 0.25) is 0 Å². The van der Waals surface area contributed by atoms with E-state index >= 15 is 0 Å². The molecule has 13 heavy (non-hydrogen) atoms. The van der Waals surface area contributed by atoms with Crippen LogP contribution in [0.5, 0.6) is 0 Å². The Balaban J connectivity index is 0.000000396. The first kappa shape index (κ1) is 9.59. The summed E-state index contributed by atoms with van der Waals surface area (Å²) in [4.78, 5) is 0. The number of anilines is 1. The van der Waals surface area contributed by atoms with Gasteiger partial charge in [0.1, 0.15) is 0 Å². The van der Waals surface area contributed by atoms with E-state index in [9.17, 15) is 0 Å². The summed E-state index contributed by atoms with van der Waals surface area (Å²) in [5.74, 6) is 0. The van der Waals surface area contributed by atoms with Crippen LogP contribution in [-0.4, -0.2) is 0 Å². The van der Waals surface area contributed by atoms with E-state index in [0.717, 1.165) is 5.69 Å². The molecule has 2 aromatic carbocycles. The van der Waals surface area contributed by atoms with Crippen LogP contribution in [0.25, 0.3) is 10.8 Å². The Morgan fingerprint density at radius 1 is 0.846 bits per heavy atom. The Kier molecular flexibility index (Phi) is 3.32. The molecule has 1 nitrogen and oxygen atoms in total. The zero-order valence-electron chi connectivity index (χ0n) is 8.12. The van der Waals surface area contributed by atoms with Crippen molar-refractivity contribution in [3.63, 3.8) is 0 Å². The number of hydrogen-bond donors (Lipinski definition) is 1. The lowest BCUT2D eigenvalue weighted by atomic mass is 10.1. The molecule has 0 radical (unpaired) electrons. The third-order valence-corrected chi connectivity index (χ3v) is 1.77. The topological polar surface area (TPSA) is 26.0 Å². The van der Waals surface area contributed by atoms with E-state index in [1.54, 1.807) is 0 Å². The summed E-state index contributed by atoms with van der Waals surface area (Å²) in [6.07, 6.45) is 0. The Morgan fingerprint density at radius 3 is 2.15 bits per heavy atom. The summed E-state index contributed by atoms with van der Waals surface area (Å²) in [5, 5.41) is 2.44. The van der Waals surface area contributed by atoms with E-state index in [1.807, 2.05) is 44.2 Å². The van der Waals surface area contributed by atoms with Gasteiger partial charge in [0.05, 0.1) is 0 Å². The number of fused-ring (bicyclic) bond motifs is 1. The predicted octanol–water partition coefficient (Wildman–Crippen LogP) is 3.45. The van der Waals surface area contributed by atoms with E-state index in [1.165, 1.54) is 10.8 Å². The second-order valence-corrected chi connectivity index (χ2v) is 2.61. The second-order valence-electron chi connectivity index (χ2n) is 2.61. The molecule has 0 aliphatic rings. The van der Waals surface area contributed by atoms with Crippen molar-refractivity contribution in [3.8, 4) is 0 Å². The molecule has 0 aliphatic carbocycles. The molecule has 0 fully saturated rings. The van der Waals surface area contributed by atoms with Gasteiger partial charge in [0.2, 0.25) is 0 Å². The van der Waals surface area contributed by atoms with Gasteiger partial charge >= 0.3 is 0 Å². The van der Waals surface area contributed by atoms with Crippen molar-refractivity contribution >= 4 is 16.5 Å². The first-order valence-corrected chi connectivity index (χ1v) is 4.60. The van der Waals surface area contributed by atoms with Crippen LogP contribution in [0, 0.1) is 0 Å². The van der Waals surface area contributed by atoms with E-state index < -0.39 is 0 Å². The molecule has 0 unspecified atom stereocenters. The molecule has 0 spiro atoms. The van der Waals surface area contributed by atoms with Gasteiger partial charge in [-0.25, -0.2) is 0 Å². The van der Waals surface area contributed by atoms with E-state index in [0.29, 0.717) is 0 Å². The van der Waals surface area contributed by atoms with Crippen molar-refractivity contribution in [3.05, 3.63) is 42.5 Å². The van der Waals surface area contributed by atoms with Gasteiger partial charge in [-0.05, 0) is 22.9 Å². The Labute approximate surface area is 79.2 Å². The molecule has 2 rings (SSSR count). The SMILES string of the molecule is CC.Nc1ccc2ccccc2c1. The maximum absolute atomic E-state index is 5.62. The van der Waals surface area contributed by atoms with Crippen LogP contribution in [0.4, 0.5) is 5.69 Å². The van der Waals surface area contributed by atoms with Gasteiger partial charge in [-0.2, -0.15) is 0 Å². The highest BCUT2D eigenvalue weighted by Gasteiger charge is 1.89. The number of hydrogen-bond acceptors (Lipinski definition) is 1. The molecule has 2 N–H and O–H groups in total. The average molecular weight is 173 g/mol. The molecule has 0 bridgehead atoms. The predicted molar refractivity (Wildman–Crippen MR) is 59.7 cm³/mol. The zero-order valence-corrected chi connectivity index (χ0v) is 8.12. The average Bonchev–Trinajstić information content (AvgIpc) is 2.21.